The second kappa shape index (κ2) is 8.86. The van der Waals surface area contributed by atoms with Crippen molar-refractivity contribution >= 4 is 17.7 Å². The molecule has 0 bridgehead atoms. The molecule has 1 atom stereocenters. The number of methoxy groups -OCH3 is 1. The number of nitrogens with zero attached hydrogens (tertiary/aromatic N) is 1. The second-order valence-corrected chi connectivity index (χ2v) is 6.04. The summed E-state index contributed by atoms with van der Waals surface area (Å²) >= 11 is 0. The van der Waals surface area contributed by atoms with Crippen molar-refractivity contribution in [2.45, 2.75) is 26.9 Å². The van der Waals surface area contributed by atoms with E-state index in [2.05, 4.69) is 4.98 Å². The monoisotopic (exact) mass is 384 g/mol. The number of ether oxygens (including phenoxy) is 3. The lowest BCUT2D eigenvalue weighted by Gasteiger charge is -2.13. The lowest BCUT2D eigenvalue weighted by atomic mass is 10.1. The first kappa shape index (κ1) is 20.7. The molecule has 8 heteroatoms. The van der Waals surface area contributed by atoms with Crippen LogP contribution in [-0.2, 0) is 14.3 Å². The maximum atomic E-state index is 12.6. The molecule has 28 heavy (non-hydrogen) atoms. The van der Waals surface area contributed by atoms with Gasteiger partial charge in [0, 0.05) is 5.69 Å². The summed E-state index contributed by atoms with van der Waals surface area (Å²) in [6, 6.07) is 8.20. The Labute approximate surface area is 162 Å². The van der Waals surface area contributed by atoms with Crippen LogP contribution in [0.4, 0.5) is 0 Å². The maximum absolute atomic E-state index is 12.6. The van der Waals surface area contributed by atoms with Crippen LogP contribution in [0.1, 0.15) is 44.6 Å². The van der Waals surface area contributed by atoms with Gasteiger partial charge in [0.05, 0.1) is 30.0 Å². The van der Waals surface area contributed by atoms with Crippen LogP contribution in [0.15, 0.2) is 24.3 Å². The average Bonchev–Trinajstić information content (AvgIpc) is 2.99. The lowest BCUT2D eigenvalue weighted by Crippen LogP contribution is -2.28. The van der Waals surface area contributed by atoms with Crippen molar-refractivity contribution in [1.82, 2.24) is 4.98 Å². The number of aromatic amines is 1. The Morgan fingerprint density at radius 1 is 1.18 bits per heavy atom. The largest absolute Gasteiger partial charge is 0.482 e. The molecule has 8 nitrogen and oxygen atoms in total. The van der Waals surface area contributed by atoms with E-state index in [1.807, 2.05) is 6.07 Å². The number of hydrogen-bond donors (Lipinski definition) is 1. The third-order valence-corrected chi connectivity index (χ3v) is 4.09. The van der Waals surface area contributed by atoms with Crippen LogP contribution < -0.4 is 4.74 Å². The summed E-state index contributed by atoms with van der Waals surface area (Å²) < 4.78 is 15.1. The van der Waals surface area contributed by atoms with Crippen molar-refractivity contribution in [3.05, 3.63) is 52.3 Å². The Balaban J connectivity index is 1.99. The summed E-state index contributed by atoms with van der Waals surface area (Å²) in [4.78, 5) is 39.2. The van der Waals surface area contributed by atoms with Gasteiger partial charge in [-0.15, -0.1) is 0 Å². The van der Waals surface area contributed by atoms with Gasteiger partial charge in [-0.1, -0.05) is 0 Å². The number of carbonyl (C=O) groups excluding carboxylic acids is 3. The van der Waals surface area contributed by atoms with Crippen molar-refractivity contribution in [1.29, 1.82) is 5.26 Å². The predicted molar refractivity (Wildman–Crippen MR) is 98.1 cm³/mol. The Morgan fingerprint density at radius 3 is 2.39 bits per heavy atom. The average molecular weight is 384 g/mol. The summed E-state index contributed by atoms with van der Waals surface area (Å²) in [6.07, 6.45) is -1.07. The highest BCUT2D eigenvalue weighted by molar-refractivity contribution is 6.03. The van der Waals surface area contributed by atoms with E-state index < -0.39 is 23.8 Å². The quantitative estimate of drug-likeness (QED) is 0.575. The number of esters is 2. The topological polar surface area (TPSA) is 118 Å². The maximum Gasteiger partial charge on any atom is 0.344 e. The second-order valence-electron chi connectivity index (χ2n) is 6.04. The molecule has 0 unspecified atom stereocenters. The first-order valence-corrected chi connectivity index (χ1v) is 8.42. The van der Waals surface area contributed by atoms with Gasteiger partial charge in [0.25, 0.3) is 0 Å². The smallest absolute Gasteiger partial charge is 0.344 e. The van der Waals surface area contributed by atoms with Crippen LogP contribution in [-0.4, -0.2) is 42.5 Å². The number of aryl methyl sites for hydroxylation is 1. The fourth-order valence-electron chi connectivity index (χ4n) is 2.66. The Morgan fingerprint density at radius 2 is 1.82 bits per heavy atom. The minimum absolute atomic E-state index is 0.186. The van der Waals surface area contributed by atoms with Gasteiger partial charge < -0.3 is 19.2 Å². The number of aromatic nitrogens is 1. The highest BCUT2D eigenvalue weighted by Gasteiger charge is 2.27. The van der Waals surface area contributed by atoms with Crippen molar-refractivity contribution in [3.63, 3.8) is 0 Å². The van der Waals surface area contributed by atoms with E-state index in [9.17, 15) is 14.4 Å². The first-order valence-electron chi connectivity index (χ1n) is 8.42. The molecule has 1 N–H and O–H groups in total. The minimum atomic E-state index is -1.07. The van der Waals surface area contributed by atoms with Gasteiger partial charge in [0.1, 0.15) is 5.75 Å². The molecule has 1 heterocycles. The molecule has 0 aliphatic heterocycles. The third-order valence-electron chi connectivity index (χ3n) is 4.09. The molecule has 0 radical (unpaired) electrons. The standard InChI is InChI=1S/C20H20N2O6/c1-11-17(20(25)26-4)12(2)22-18(11)19(24)13(3)28-16(23)10-27-15-7-5-14(9-21)6-8-15/h5-8,13,22H,10H2,1-4H3/t13-/m0/s1. The van der Waals surface area contributed by atoms with E-state index in [-0.39, 0.29) is 17.9 Å². The molecular weight excluding hydrogens is 364 g/mol. The van der Waals surface area contributed by atoms with Crippen molar-refractivity contribution < 1.29 is 28.6 Å². The number of H-pyrrole nitrogens is 1. The minimum Gasteiger partial charge on any atom is -0.482 e. The highest BCUT2D eigenvalue weighted by Crippen LogP contribution is 2.21. The van der Waals surface area contributed by atoms with Crippen molar-refractivity contribution in [2.75, 3.05) is 13.7 Å². The number of Topliss-reactive ketones (excluding diaryl/α,β-unsaturated/α-hetero) is 1. The molecule has 0 aliphatic carbocycles. The zero-order chi connectivity index (χ0) is 20.8. The van der Waals surface area contributed by atoms with Crippen molar-refractivity contribution in [3.8, 4) is 11.8 Å². The zero-order valence-electron chi connectivity index (χ0n) is 16.0. The third kappa shape index (κ3) is 4.57. The SMILES string of the molecule is COC(=O)c1c(C)[nH]c(C(=O)[C@H](C)OC(=O)COc2ccc(C#N)cc2)c1C. The lowest BCUT2D eigenvalue weighted by molar-refractivity contribution is -0.148. The van der Waals surface area contributed by atoms with Gasteiger partial charge in [-0.25, -0.2) is 9.59 Å². The number of nitrogens with one attached hydrogen (secondary N) is 1. The molecule has 1 aromatic heterocycles. The van der Waals surface area contributed by atoms with E-state index in [4.69, 9.17) is 19.5 Å². The number of nitriles is 1. The Kier molecular flexibility index (Phi) is 6.55. The van der Waals surface area contributed by atoms with Crippen molar-refractivity contribution in [2.24, 2.45) is 0 Å². The molecule has 0 amide bonds. The molecule has 146 valence electrons. The molecule has 1 aromatic carbocycles. The highest BCUT2D eigenvalue weighted by atomic mass is 16.6. The molecular formula is C20H20N2O6. The van der Waals surface area contributed by atoms with Gasteiger partial charge in [-0.2, -0.15) is 5.26 Å². The number of benzene rings is 1. The summed E-state index contributed by atoms with van der Waals surface area (Å²) in [6.45, 7) is 4.32. The first-order chi connectivity index (χ1) is 13.3. The van der Waals surface area contributed by atoms with E-state index in [0.29, 0.717) is 22.6 Å². The number of ketones is 1. The number of hydrogen-bond acceptors (Lipinski definition) is 7. The van der Waals surface area contributed by atoms with Gasteiger partial charge in [-0.3, -0.25) is 4.79 Å². The van der Waals surface area contributed by atoms with Crippen LogP contribution in [0.5, 0.6) is 5.75 Å². The Bertz CT molecular complexity index is 937. The van der Waals surface area contributed by atoms with Gasteiger partial charge in [0.2, 0.25) is 5.78 Å². The van der Waals surface area contributed by atoms with E-state index in [1.54, 1.807) is 38.1 Å². The fraction of sp³-hybridized carbons (Fsp3) is 0.300. The van der Waals surface area contributed by atoms with Crippen LogP contribution in [0.2, 0.25) is 0 Å². The number of rotatable bonds is 7. The van der Waals surface area contributed by atoms with Gasteiger partial charge in [-0.05, 0) is 50.6 Å². The summed E-state index contributed by atoms with van der Waals surface area (Å²) in [5.41, 5.74) is 1.87. The Hall–Kier alpha value is -3.60. The van der Waals surface area contributed by atoms with Crippen LogP contribution >= 0.6 is 0 Å². The summed E-state index contributed by atoms with van der Waals surface area (Å²) in [7, 11) is 1.26. The molecule has 0 fully saturated rings. The van der Waals surface area contributed by atoms with Gasteiger partial charge in [0.15, 0.2) is 12.7 Å². The molecule has 0 aliphatic rings. The zero-order valence-corrected chi connectivity index (χ0v) is 16.0. The predicted octanol–water partition coefficient (Wildman–Crippen LogP) is 2.48. The van der Waals surface area contributed by atoms with E-state index in [0.717, 1.165) is 0 Å². The van der Waals surface area contributed by atoms with E-state index in [1.165, 1.54) is 14.0 Å². The summed E-state index contributed by atoms with van der Waals surface area (Å²) in [5, 5.41) is 8.75. The molecule has 0 saturated carbocycles. The summed E-state index contributed by atoms with van der Waals surface area (Å²) in [5.74, 6) is -1.35. The molecule has 0 saturated heterocycles. The molecule has 2 aromatic rings. The van der Waals surface area contributed by atoms with Gasteiger partial charge >= 0.3 is 11.9 Å². The van der Waals surface area contributed by atoms with Crippen LogP contribution in [0.25, 0.3) is 0 Å². The number of carbonyl (C=O) groups is 3. The molecule has 0 spiro atoms. The molecule has 2 rings (SSSR count). The normalized spacial score (nSPS) is 11.2. The fourth-order valence-corrected chi connectivity index (χ4v) is 2.66. The van der Waals surface area contributed by atoms with Crippen LogP contribution in [0.3, 0.4) is 0 Å². The van der Waals surface area contributed by atoms with E-state index >= 15 is 0 Å². The van der Waals surface area contributed by atoms with Crippen LogP contribution in [0, 0.1) is 25.2 Å².